The second kappa shape index (κ2) is 10.8. The van der Waals surface area contributed by atoms with Crippen molar-refractivity contribution in [1.29, 1.82) is 0 Å². The van der Waals surface area contributed by atoms with Crippen molar-refractivity contribution in [3.63, 3.8) is 0 Å². The molecule has 202 valence electrons. The molecule has 0 spiro atoms. The van der Waals surface area contributed by atoms with Gasteiger partial charge in [0.25, 0.3) is 5.56 Å². The molecule has 2 aromatic heterocycles. The van der Waals surface area contributed by atoms with Crippen LogP contribution >= 0.6 is 0 Å². The van der Waals surface area contributed by atoms with Crippen LogP contribution < -0.4 is 25.2 Å². The van der Waals surface area contributed by atoms with Crippen LogP contribution in [-0.4, -0.2) is 71.2 Å². The number of rotatable bonds is 4. The lowest BCUT2D eigenvalue weighted by Gasteiger charge is -2.34. The summed E-state index contributed by atoms with van der Waals surface area (Å²) >= 11 is 0. The number of likely N-dealkylation sites (N-methyl/N-ethyl adjacent to an activating group) is 1. The molecule has 39 heavy (non-hydrogen) atoms. The van der Waals surface area contributed by atoms with E-state index in [1.807, 2.05) is 47.2 Å². The van der Waals surface area contributed by atoms with E-state index in [9.17, 15) is 4.79 Å². The lowest BCUT2D eigenvalue weighted by atomic mass is 10.2. The Kier molecular flexibility index (Phi) is 6.93. The summed E-state index contributed by atoms with van der Waals surface area (Å²) in [6, 6.07) is 13.8. The third kappa shape index (κ3) is 5.07. The zero-order chi connectivity index (χ0) is 26.8. The molecule has 0 saturated carbocycles. The molecular weight excluding hydrogens is 494 g/mol. The number of hydrogen-bond donors (Lipinski definition) is 1. The van der Waals surface area contributed by atoms with Gasteiger partial charge in [0, 0.05) is 50.2 Å². The number of allylic oxidation sites excluding steroid dienone is 2. The number of methoxy groups -OCH3 is 1. The first kappa shape index (κ1) is 25.0. The van der Waals surface area contributed by atoms with E-state index in [1.54, 1.807) is 18.0 Å². The normalized spacial score (nSPS) is 17.0. The van der Waals surface area contributed by atoms with Gasteiger partial charge in [0.05, 0.1) is 31.6 Å². The van der Waals surface area contributed by atoms with E-state index < -0.39 is 0 Å². The Balaban J connectivity index is 1.37. The summed E-state index contributed by atoms with van der Waals surface area (Å²) in [4.78, 5) is 27.4. The molecule has 2 aliphatic rings. The van der Waals surface area contributed by atoms with Crippen molar-refractivity contribution in [3.8, 4) is 17.2 Å². The Bertz CT molecular complexity index is 1570. The van der Waals surface area contributed by atoms with E-state index in [0.717, 1.165) is 67.6 Å². The van der Waals surface area contributed by atoms with Crippen molar-refractivity contribution in [1.82, 2.24) is 24.2 Å². The van der Waals surface area contributed by atoms with Gasteiger partial charge >= 0.3 is 0 Å². The number of nitrogens with one attached hydrogen (secondary N) is 1. The molecule has 0 aliphatic carbocycles. The quantitative estimate of drug-likeness (QED) is 0.401. The van der Waals surface area contributed by atoms with Crippen LogP contribution in [0.15, 0.2) is 65.6 Å². The maximum Gasteiger partial charge on any atom is 0.278 e. The second-order valence-electron chi connectivity index (χ2n) is 9.89. The Hall–Kier alpha value is -4.31. The van der Waals surface area contributed by atoms with Crippen LogP contribution in [0.5, 0.6) is 11.5 Å². The molecular formula is C29H33N7O3. The molecule has 0 unspecified atom stereocenters. The number of benzene rings is 2. The number of fused-ring (bicyclic) bond motifs is 6. The molecule has 6 rings (SSSR count). The van der Waals surface area contributed by atoms with Crippen LogP contribution in [0.1, 0.15) is 12.8 Å². The highest BCUT2D eigenvalue weighted by molar-refractivity contribution is 5.78. The first-order valence-electron chi connectivity index (χ1n) is 13.4. The minimum absolute atomic E-state index is 0.136. The maximum absolute atomic E-state index is 13.4. The molecule has 0 amide bonds. The predicted molar refractivity (Wildman–Crippen MR) is 153 cm³/mol. The van der Waals surface area contributed by atoms with Crippen LogP contribution in [0.3, 0.4) is 0 Å². The number of piperazine rings is 1. The minimum Gasteiger partial charge on any atom is -0.495 e. The highest BCUT2D eigenvalue weighted by atomic mass is 16.5. The molecule has 0 atom stereocenters. The Labute approximate surface area is 227 Å². The number of ether oxygens (including phenoxy) is 2. The molecule has 2 aromatic carbocycles. The van der Waals surface area contributed by atoms with Crippen LogP contribution in [0.2, 0.25) is 0 Å². The summed E-state index contributed by atoms with van der Waals surface area (Å²) < 4.78 is 15.2. The van der Waals surface area contributed by atoms with Crippen molar-refractivity contribution in [2.24, 2.45) is 0 Å². The second-order valence-corrected chi connectivity index (χ2v) is 9.89. The number of nitrogens with zero attached hydrogens (tertiary/aromatic N) is 6. The van der Waals surface area contributed by atoms with Crippen LogP contribution in [-0.2, 0) is 6.54 Å². The van der Waals surface area contributed by atoms with Gasteiger partial charge in [-0.15, -0.1) is 0 Å². The average Bonchev–Trinajstić information content (AvgIpc) is 3.23. The monoisotopic (exact) mass is 527 g/mol. The van der Waals surface area contributed by atoms with Gasteiger partial charge in [0.1, 0.15) is 16.9 Å². The summed E-state index contributed by atoms with van der Waals surface area (Å²) in [7, 11) is 3.83. The first-order valence-corrected chi connectivity index (χ1v) is 13.4. The van der Waals surface area contributed by atoms with Gasteiger partial charge in [0.15, 0.2) is 5.65 Å². The van der Waals surface area contributed by atoms with Gasteiger partial charge in [0.2, 0.25) is 5.95 Å². The lowest BCUT2D eigenvalue weighted by molar-refractivity contribution is 0.311. The molecule has 2 aliphatic heterocycles. The zero-order valence-corrected chi connectivity index (χ0v) is 22.3. The lowest BCUT2D eigenvalue weighted by Crippen LogP contribution is -2.44. The summed E-state index contributed by atoms with van der Waals surface area (Å²) in [5, 5.41) is 3.76. The number of aromatic nitrogens is 4. The summed E-state index contributed by atoms with van der Waals surface area (Å²) in [6.07, 6.45) is 7.51. The number of hydrogen-bond acceptors (Lipinski definition) is 8. The van der Waals surface area contributed by atoms with E-state index in [0.29, 0.717) is 30.1 Å². The number of anilines is 3. The highest BCUT2D eigenvalue weighted by Crippen LogP contribution is 2.33. The zero-order valence-electron chi connectivity index (χ0n) is 22.3. The summed E-state index contributed by atoms with van der Waals surface area (Å²) in [6.45, 7) is 5.02. The molecule has 0 radical (unpaired) electrons. The fourth-order valence-electron chi connectivity index (χ4n) is 5.10. The van der Waals surface area contributed by atoms with Crippen LogP contribution in [0.4, 0.5) is 17.3 Å². The fraction of sp³-hybridized carbons (Fsp3) is 0.345. The van der Waals surface area contributed by atoms with Crippen LogP contribution in [0.25, 0.3) is 16.7 Å². The van der Waals surface area contributed by atoms with E-state index in [4.69, 9.17) is 14.5 Å². The molecule has 4 aromatic rings. The van der Waals surface area contributed by atoms with Crippen molar-refractivity contribution in [2.45, 2.75) is 19.4 Å². The SMILES string of the molecule is COc1cc(Nc2ncc3c(=O)n4n(c3n2)-c2cccc(c2)OCCC/C=C\C4)ccc1N1CCN(C)CC1. The summed E-state index contributed by atoms with van der Waals surface area (Å²) in [5.41, 5.74) is 3.07. The van der Waals surface area contributed by atoms with Gasteiger partial charge in [-0.25, -0.2) is 14.3 Å². The van der Waals surface area contributed by atoms with E-state index in [1.165, 1.54) is 0 Å². The predicted octanol–water partition coefficient (Wildman–Crippen LogP) is 3.82. The molecule has 10 nitrogen and oxygen atoms in total. The average molecular weight is 528 g/mol. The largest absolute Gasteiger partial charge is 0.495 e. The highest BCUT2D eigenvalue weighted by Gasteiger charge is 2.20. The van der Waals surface area contributed by atoms with Crippen molar-refractivity contribution in [2.75, 3.05) is 57.2 Å². The van der Waals surface area contributed by atoms with Gasteiger partial charge < -0.3 is 24.6 Å². The van der Waals surface area contributed by atoms with Crippen molar-refractivity contribution >= 4 is 28.4 Å². The molecule has 1 saturated heterocycles. The van der Waals surface area contributed by atoms with E-state index in [2.05, 4.69) is 39.3 Å². The van der Waals surface area contributed by atoms with Gasteiger partial charge in [-0.1, -0.05) is 18.2 Å². The molecule has 10 heteroatoms. The van der Waals surface area contributed by atoms with Crippen LogP contribution in [0, 0.1) is 0 Å². The maximum atomic E-state index is 13.4. The fourth-order valence-corrected chi connectivity index (χ4v) is 5.10. The smallest absolute Gasteiger partial charge is 0.278 e. The first-order chi connectivity index (χ1) is 19.1. The van der Waals surface area contributed by atoms with Gasteiger partial charge in [-0.05, 0) is 44.2 Å². The topological polar surface area (TPSA) is 89.7 Å². The van der Waals surface area contributed by atoms with Gasteiger partial charge in [-0.3, -0.25) is 4.79 Å². The molecule has 1 N–H and O–H groups in total. The van der Waals surface area contributed by atoms with Gasteiger partial charge in [-0.2, -0.15) is 4.98 Å². The third-order valence-electron chi connectivity index (χ3n) is 7.25. The Morgan fingerprint density at radius 3 is 2.77 bits per heavy atom. The van der Waals surface area contributed by atoms with E-state index >= 15 is 0 Å². The summed E-state index contributed by atoms with van der Waals surface area (Å²) in [5.74, 6) is 1.95. The third-order valence-corrected chi connectivity index (χ3v) is 7.25. The Morgan fingerprint density at radius 1 is 1.05 bits per heavy atom. The van der Waals surface area contributed by atoms with Crippen molar-refractivity contribution < 1.29 is 9.47 Å². The Morgan fingerprint density at radius 2 is 1.92 bits per heavy atom. The molecule has 1 fully saturated rings. The standard InChI is InChI=1S/C29H33N7O3/c1-33-13-15-34(16-14-33)25-11-10-21(18-26(25)38-2)31-29-30-20-24-27(32-29)36-22-8-7-9-23(19-22)39-17-6-4-3-5-12-35(36)28(24)37/h3,5,7-11,18-20H,4,6,12-17H2,1-2H3,(H,30,31,32)/b5-3-. The van der Waals surface area contributed by atoms with E-state index in [-0.39, 0.29) is 5.56 Å². The van der Waals surface area contributed by atoms with Crippen molar-refractivity contribution in [3.05, 3.63) is 71.2 Å². The minimum atomic E-state index is -0.136. The molecule has 4 heterocycles. The molecule has 2 bridgehead atoms.